The van der Waals surface area contributed by atoms with E-state index < -0.39 is 12.0 Å². The third-order valence-electron chi connectivity index (χ3n) is 2.69. The van der Waals surface area contributed by atoms with Crippen LogP contribution in [-0.4, -0.2) is 23.2 Å². The molecular formula is C7H9F2NO2. The van der Waals surface area contributed by atoms with Crippen molar-refractivity contribution in [3.63, 3.8) is 0 Å². The lowest BCUT2D eigenvalue weighted by molar-refractivity contribution is -0.00618. The number of fused-ring (bicyclic) bond motifs is 1. The lowest BCUT2D eigenvalue weighted by Gasteiger charge is -2.12. The van der Waals surface area contributed by atoms with E-state index in [1.54, 1.807) is 0 Å². The SMILES string of the molecule is O=C(O)N[C@H]1[C@@H]2CC(F)(F)C[C@@H]21. The zero-order chi connectivity index (χ0) is 8.93. The van der Waals surface area contributed by atoms with Gasteiger partial charge in [0.1, 0.15) is 0 Å². The van der Waals surface area contributed by atoms with Crippen molar-refractivity contribution < 1.29 is 18.7 Å². The fourth-order valence-corrected chi connectivity index (χ4v) is 2.13. The first-order chi connectivity index (χ1) is 5.49. The van der Waals surface area contributed by atoms with Gasteiger partial charge in [-0.1, -0.05) is 0 Å². The fraction of sp³-hybridized carbons (Fsp3) is 0.857. The summed E-state index contributed by atoms with van der Waals surface area (Å²) in [6.45, 7) is 0. The first-order valence-corrected chi connectivity index (χ1v) is 3.87. The average Bonchev–Trinajstić information content (AvgIpc) is 2.42. The van der Waals surface area contributed by atoms with Crippen LogP contribution in [0.25, 0.3) is 0 Å². The molecule has 0 spiro atoms. The molecule has 0 unspecified atom stereocenters. The van der Waals surface area contributed by atoms with Gasteiger partial charge in [0.05, 0.1) is 0 Å². The predicted molar refractivity (Wildman–Crippen MR) is 36.1 cm³/mol. The van der Waals surface area contributed by atoms with E-state index in [2.05, 4.69) is 5.32 Å². The molecule has 3 nitrogen and oxygen atoms in total. The van der Waals surface area contributed by atoms with Crippen LogP contribution in [0.5, 0.6) is 0 Å². The first-order valence-electron chi connectivity index (χ1n) is 3.87. The minimum Gasteiger partial charge on any atom is -0.465 e. The topological polar surface area (TPSA) is 49.3 Å². The van der Waals surface area contributed by atoms with Crippen molar-refractivity contribution in [3.05, 3.63) is 0 Å². The Hall–Kier alpha value is -0.870. The van der Waals surface area contributed by atoms with E-state index >= 15 is 0 Å². The number of amides is 1. The molecule has 0 aromatic rings. The number of hydrogen-bond donors (Lipinski definition) is 2. The van der Waals surface area contributed by atoms with Crippen molar-refractivity contribution in [1.82, 2.24) is 5.32 Å². The van der Waals surface area contributed by atoms with E-state index in [1.165, 1.54) is 0 Å². The highest BCUT2D eigenvalue weighted by molar-refractivity contribution is 5.65. The number of nitrogens with one attached hydrogen (secondary N) is 1. The highest BCUT2D eigenvalue weighted by atomic mass is 19.3. The molecule has 2 N–H and O–H groups in total. The Bertz CT molecular complexity index is 217. The van der Waals surface area contributed by atoms with Crippen molar-refractivity contribution in [2.45, 2.75) is 24.8 Å². The second-order valence-electron chi connectivity index (χ2n) is 3.57. The maximum atomic E-state index is 12.6. The number of halogens is 2. The van der Waals surface area contributed by atoms with Crippen LogP contribution in [0.15, 0.2) is 0 Å². The van der Waals surface area contributed by atoms with Gasteiger partial charge in [-0.2, -0.15) is 0 Å². The summed E-state index contributed by atoms with van der Waals surface area (Å²) in [7, 11) is 0. The molecule has 0 aliphatic heterocycles. The zero-order valence-corrected chi connectivity index (χ0v) is 6.26. The molecule has 0 aromatic heterocycles. The summed E-state index contributed by atoms with van der Waals surface area (Å²) in [5, 5.41) is 10.6. The highest BCUT2D eigenvalue weighted by Crippen LogP contribution is 2.58. The second-order valence-corrected chi connectivity index (χ2v) is 3.57. The van der Waals surface area contributed by atoms with Gasteiger partial charge in [0.2, 0.25) is 5.92 Å². The Labute approximate surface area is 67.8 Å². The van der Waals surface area contributed by atoms with Crippen molar-refractivity contribution in [2.75, 3.05) is 0 Å². The summed E-state index contributed by atoms with van der Waals surface area (Å²) in [5.74, 6) is -2.78. The molecule has 0 bridgehead atoms. The molecule has 3 atom stereocenters. The van der Waals surface area contributed by atoms with Gasteiger partial charge in [-0.05, 0) is 11.8 Å². The van der Waals surface area contributed by atoms with E-state index in [1.807, 2.05) is 0 Å². The summed E-state index contributed by atoms with van der Waals surface area (Å²) >= 11 is 0. The van der Waals surface area contributed by atoms with Gasteiger partial charge < -0.3 is 10.4 Å². The van der Waals surface area contributed by atoms with E-state index in [9.17, 15) is 13.6 Å². The lowest BCUT2D eigenvalue weighted by atomic mass is 10.2. The lowest BCUT2D eigenvalue weighted by Crippen LogP contribution is -2.29. The van der Waals surface area contributed by atoms with Crippen LogP contribution in [0, 0.1) is 11.8 Å². The molecule has 0 heterocycles. The van der Waals surface area contributed by atoms with Gasteiger partial charge in [-0.25, -0.2) is 13.6 Å². The molecule has 12 heavy (non-hydrogen) atoms. The van der Waals surface area contributed by atoms with Crippen LogP contribution < -0.4 is 5.32 Å². The summed E-state index contributed by atoms with van der Waals surface area (Å²) in [6, 6.07) is -0.206. The number of alkyl halides is 2. The number of carboxylic acid groups (broad SMARTS) is 1. The molecule has 5 heteroatoms. The molecule has 1 amide bonds. The van der Waals surface area contributed by atoms with Gasteiger partial charge in [0, 0.05) is 18.9 Å². The van der Waals surface area contributed by atoms with Crippen molar-refractivity contribution in [3.8, 4) is 0 Å². The van der Waals surface area contributed by atoms with Crippen molar-refractivity contribution >= 4 is 6.09 Å². The average molecular weight is 177 g/mol. The van der Waals surface area contributed by atoms with Gasteiger partial charge in [-0.15, -0.1) is 0 Å². The van der Waals surface area contributed by atoms with Crippen molar-refractivity contribution in [2.24, 2.45) is 11.8 Å². The predicted octanol–water partition coefficient (Wildman–Crippen LogP) is 1.30. The molecule has 0 aromatic carbocycles. The molecule has 2 aliphatic rings. The minimum absolute atomic E-state index is 0.115. The normalized spacial score (nSPS) is 42.0. The van der Waals surface area contributed by atoms with Crippen LogP contribution in [0.4, 0.5) is 13.6 Å². The fourth-order valence-electron chi connectivity index (χ4n) is 2.13. The van der Waals surface area contributed by atoms with E-state index in [4.69, 9.17) is 5.11 Å². The number of carbonyl (C=O) groups is 1. The molecule has 68 valence electrons. The molecular weight excluding hydrogens is 168 g/mol. The number of hydrogen-bond acceptors (Lipinski definition) is 1. The number of rotatable bonds is 1. The Morgan fingerprint density at radius 3 is 2.33 bits per heavy atom. The Balaban J connectivity index is 1.87. The molecule has 2 saturated carbocycles. The van der Waals surface area contributed by atoms with Crippen LogP contribution >= 0.6 is 0 Å². The molecule has 2 rings (SSSR count). The van der Waals surface area contributed by atoms with Crippen molar-refractivity contribution in [1.29, 1.82) is 0 Å². The maximum Gasteiger partial charge on any atom is 0.404 e. The quantitative estimate of drug-likeness (QED) is 0.634. The Kier molecular flexibility index (Phi) is 1.35. The Morgan fingerprint density at radius 2 is 1.92 bits per heavy atom. The van der Waals surface area contributed by atoms with Crippen LogP contribution in [-0.2, 0) is 0 Å². The minimum atomic E-state index is -2.55. The molecule has 0 radical (unpaired) electrons. The van der Waals surface area contributed by atoms with Crippen LogP contribution in [0.2, 0.25) is 0 Å². The molecule has 2 aliphatic carbocycles. The highest BCUT2D eigenvalue weighted by Gasteiger charge is 2.63. The van der Waals surface area contributed by atoms with E-state index in [-0.39, 0.29) is 30.7 Å². The molecule has 2 fully saturated rings. The van der Waals surface area contributed by atoms with E-state index in [0.717, 1.165) is 0 Å². The van der Waals surface area contributed by atoms with Gasteiger partial charge in [0.15, 0.2) is 0 Å². The van der Waals surface area contributed by atoms with Gasteiger partial charge in [-0.3, -0.25) is 0 Å². The second kappa shape index (κ2) is 2.08. The monoisotopic (exact) mass is 177 g/mol. The van der Waals surface area contributed by atoms with Crippen LogP contribution in [0.3, 0.4) is 0 Å². The Morgan fingerprint density at radius 1 is 1.42 bits per heavy atom. The molecule has 0 saturated heterocycles. The van der Waals surface area contributed by atoms with Gasteiger partial charge in [0.25, 0.3) is 0 Å². The van der Waals surface area contributed by atoms with Gasteiger partial charge >= 0.3 is 6.09 Å². The summed E-state index contributed by atoms with van der Waals surface area (Å²) in [5.41, 5.74) is 0. The third-order valence-corrected chi connectivity index (χ3v) is 2.69. The largest absolute Gasteiger partial charge is 0.465 e. The van der Waals surface area contributed by atoms with E-state index in [0.29, 0.717) is 0 Å². The summed E-state index contributed by atoms with van der Waals surface area (Å²) in [4.78, 5) is 10.1. The maximum absolute atomic E-state index is 12.6. The zero-order valence-electron chi connectivity index (χ0n) is 6.26. The third kappa shape index (κ3) is 1.13. The van der Waals surface area contributed by atoms with Crippen LogP contribution in [0.1, 0.15) is 12.8 Å². The summed E-state index contributed by atoms with van der Waals surface area (Å²) in [6.07, 6.45) is -1.41. The smallest absolute Gasteiger partial charge is 0.404 e. The standard InChI is InChI=1S/C7H9F2NO2/c8-7(9)1-3-4(2-7)5(3)10-6(11)12/h3-5,10H,1-2H2,(H,11,12)/t3-,4+,5+. The summed E-state index contributed by atoms with van der Waals surface area (Å²) < 4.78 is 25.1. The first kappa shape index (κ1) is 7.76.